The van der Waals surface area contributed by atoms with Gasteiger partial charge in [0.15, 0.2) is 17.0 Å². The van der Waals surface area contributed by atoms with Gasteiger partial charge >= 0.3 is 0 Å². The molecule has 0 saturated carbocycles. The second-order valence-corrected chi connectivity index (χ2v) is 4.60. The molecule has 1 aliphatic rings. The number of fused-ring (bicyclic) bond motifs is 1. The van der Waals surface area contributed by atoms with Gasteiger partial charge in [-0.1, -0.05) is 11.6 Å². The second-order valence-electron chi connectivity index (χ2n) is 4.24. The molecule has 3 rings (SSSR count). The Hall–Kier alpha value is -1.20. The predicted octanol–water partition coefficient (Wildman–Crippen LogP) is 2.49. The lowest BCUT2D eigenvalue weighted by Gasteiger charge is -2.22. The van der Waals surface area contributed by atoms with Gasteiger partial charge in [-0.15, -0.1) is 0 Å². The Morgan fingerprint density at radius 2 is 2.35 bits per heavy atom. The van der Waals surface area contributed by atoms with E-state index in [1.165, 1.54) is 0 Å². The highest BCUT2D eigenvalue weighted by atomic mass is 35.5. The average molecular weight is 253 g/mol. The Bertz CT molecular complexity index is 548. The fraction of sp³-hybridized carbons (Fsp3) is 0.545. The van der Waals surface area contributed by atoms with E-state index in [0.29, 0.717) is 16.3 Å². The Kier molecular flexibility index (Phi) is 2.72. The zero-order valence-electron chi connectivity index (χ0n) is 9.56. The van der Waals surface area contributed by atoms with Crippen LogP contribution in [0.1, 0.15) is 31.2 Å². The Morgan fingerprint density at radius 3 is 3.12 bits per heavy atom. The lowest BCUT2D eigenvalue weighted by atomic mass is 10.2. The minimum absolute atomic E-state index is 0.0595. The molecule has 17 heavy (non-hydrogen) atoms. The first kappa shape index (κ1) is 10.9. The minimum atomic E-state index is -0.0595. The third-order valence-corrected chi connectivity index (χ3v) is 3.16. The topological polar surface area (TPSA) is 52.8 Å². The summed E-state index contributed by atoms with van der Waals surface area (Å²) in [5.74, 6) is 0. The zero-order chi connectivity index (χ0) is 11.8. The van der Waals surface area contributed by atoms with E-state index in [1.54, 1.807) is 10.9 Å². The zero-order valence-corrected chi connectivity index (χ0v) is 10.3. The third kappa shape index (κ3) is 1.89. The van der Waals surface area contributed by atoms with E-state index in [1.807, 2.05) is 6.92 Å². The van der Waals surface area contributed by atoms with Crippen LogP contribution in [0.2, 0.25) is 5.15 Å². The summed E-state index contributed by atoms with van der Waals surface area (Å²) >= 11 is 6.08. The van der Waals surface area contributed by atoms with Crippen molar-refractivity contribution in [2.45, 2.75) is 32.4 Å². The summed E-state index contributed by atoms with van der Waals surface area (Å²) in [7, 11) is 0. The highest BCUT2D eigenvalue weighted by molar-refractivity contribution is 6.33. The molecule has 0 bridgehead atoms. The van der Waals surface area contributed by atoms with Crippen LogP contribution >= 0.6 is 11.6 Å². The van der Waals surface area contributed by atoms with E-state index in [0.717, 1.165) is 31.6 Å². The fourth-order valence-corrected chi connectivity index (χ4v) is 2.29. The summed E-state index contributed by atoms with van der Waals surface area (Å²) < 4.78 is 7.44. The molecular weight excluding hydrogens is 240 g/mol. The van der Waals surface area contributed by atoms with Gasteiger partial charge in [-0.2, -0.15) is 5.10 Å². The van der Waals surface area contributed by atoms with E-state index >= 15 is 0 Å². The molecule has 6 heteroatoms. The van der Waals surface area contributed by atoms with E-state index < -0.39 is 0 Å². The Labute approximate surface area is 104 Å². The smallest absolute Gasteiger partial charge is 0.180 e. The summed E-state index contributed by atoms with van der Waals surface area (Å²) in [6.07, 6.45) is 4.86. The number of aromatic nitrogens is 4. The van der Waals surface area contributed by atoms with Gasteiger partial charge in [0.2, 0.25) is 0 Å². The molecule has 0 amide bonds. The number of nitrogens with zero attached hydrogens (tertiary/aromatic N) is 4. The van der Waals surface area contributed by atoms with Crippen LogP contribution in [0.4, 0.5) is 0 Å². The van der Waals surface area contributed by atoms with Crippen LogP contribution in [0, 0.1) is 6.92 Å². The number of ether oxygens (including phenoxy) is 1. The predicted molar refractivity (Wildman–Crippen MR) is 63.9 cm³/mol. The highest BCUT2D eigenvalue weighted by Gasteiger charge is 2.21. The molecule has 0 N–H and O–H groups in total. The summed E-state index contributed by atoms with van der Waals surface area (Å²) in [6, 6.07) is 0. The van der Waals surface area contributed by atoms with E-state index in [4.69, 9.17) is 16.3 Å². The van der Waals surface area contributed by atoms with Crippen LogP contribution in [-0.2, 0) is 4.74 Å². The lowest BCUT2D eigenvalue weighted by molar-refractivity contribution is -0.0369. The number of hydrogen-bond acceptors (Lipinski definition) is 4. The van der Waals surface area contributed by atoms with Crippen molar-refractivity contribution >= 4 is 22.8 Å². The fourth-order valence-electron chi connectivity index (χ4n) is 2.08. The summed E-state index contributed by atoms with van der Waals surface area (Å²) in [4.78, 5) is 8.71. The van der Waals surface area contributed by atoms with Crippen molar-refractivity contribution in [1.29, 1.82) is 0 Å². The van der Waals surface area contributed by atoms with Gasteiger partial charge in [0, 0.05) is 6.61 Å². The van der Waals surface area contributed by atoms with Crippen LogP contribution in [-0.4, -0.2) is 26.4 Å². The first-order chi connectivity index (χ1) is 8.25. The normalized spacial score (nSPS) is 20.9. The average Bonchev–Trinajstić information content (AvgIpc) is 2.68. The molecule has 3 heterocycles. The first-order valence-corrected chi connectivity index (χ1v) is 6.12. The maximum absolute atomic E-state index is 6.08. The van der Waals surface area contributed by atoms with Crippen molar-refractivity contribution in [3.05, 3.63) is 17.0 Å². The quantitative estimate of drug-likeness (QED) is 0.783. The van der Waals surface area contributed by atoms with Crippen LogP contribution in [0.25, 0.3) is 11.2 Å². The van der Waals surface area contributed by atoms with Crippen LogP contribution in [0.5, 0.6) is 0 Å². The van der Waals surface area contributed by atoms with Gasteiger partial charge in [-0.3, -0.25) is 0 Å². The number of rotatable bonds is 1. The lowest BCUT2D eigenvalue weighted by Crippen LogP contribution is -2.19. The molecule has 1 atom stereocenters. The standard InChI is InChI=1S/C11H13ClN4O/c1-7-6-13-11-9(14-7)10(12)15-16(11)8-4-2-3-5-17-8/h6,8H,2-5H2,1H3/t8-/m1/s1. The van der Waals surface area contributed by atoms with E-state index in [2.05, 4.69) is 15.1 Å². The van der Waals surface area contributed by atoms with Crippen LogP contribution in [0.3, 0.4) is 0 Å². The SMILES string of the molecule is Cc1cnc2c(n1)c(Cl)nn2[C@H]1CCCCO1. The monoisotopic (exact) mass is 252 g/mol. The van der Waals surface area contributed by atoms with Crippen molar-refractivity contribution in [3.63, 3.8) is 0 Å². The molecule has 0 aliphatic carbocycles. The van der Waals surface area contributed by atoms with Crippen LogP contribution in [0.15, 0.2) is 6.20 Å². The molecule has 1 aliphatic heterocycles. The maximum Gasteiger partial charge on any atom is 0.180 e. The maximum atomic E-state index is 6.08. The van der Waals surface area contributed by atoms with Gasteiger partial charge in [-0.05, 0) is 26.2 Å². The number of hydrogen-bond donors (Lipinski definition) is 0. The summed E-state index contributed by atoms with van der Waals surface area (Å²) in [5, 5.41) is 4.68. The van der Waals surface area contributed by atoms with Crippen molar-refractivity contribution in [3.8, 4) is 0 Å². The highest BCUT2D eigenvalue weighted by Crippen LogP contribution is 2.27. The minimum Gasteiger partial charge on any atom is -0.356 e. The molecule has 90 valence electrons. The molecule has 5 nitrogen and oxygen atoms in total. The van der Waals surface area contributed by atoms with Crippen molar-refractivity contribution in [1.82, 2.24) is 19.7 Å². The summed E-state index contributed by atoms with van der Waals surface area (Å²) in [5.41, 5.74) is 2.19. The van der Waals surface area contributed by atoms with Crippen molar-refractivity contribution < 1.29 is 4.74 Å². The molecule has 2 aromatic heterocycles. The van der Waals surface area contributed by atoms with Gasteiger partial charge in [-0.25, -0.2) is 14.6 Å². The third-order valence-electron chi connectivity index (χ3n) is 2.91. The van der Waals surface area contributed by atoms with Gasteiger partial charge in [0.1, 0.15) is 5.52 Å². The number of aryl methyl sites for hydroxylation is 1. The Morgan fingerprint density at radius 1 is 1.47 bits per heavy atom. The number of halogens is 1. The van der Waals surface area contributed by atoms with Gasteiger partial charge < -0.3 is 4.74 Å². The van der Waals surface area contributed by atoms with Crippen molar-refractivity contribution in [2.75, 3.05) is 6.61 Å². The van der Waals surface area contributed by atoms with Crippen LogP contribution < -0.4 is 0 Å². The Balaban J connectivity index is 2.10. The molecule has 0 radical (unpaired) electrons. The molecule has 0 spiro atoms. The van der Waals surface area contributed by atoms with Gasteiger partial charge in [0.05, 0.1) is 11.9 Å². The largest absolute Gasteiger partial charge is 0.356 e. The second kappa shape index (κ2) is 4.23. The molecule has 1 fully saturated rings. The summed E-state index contributed by atoms with van der Waals surface area (Å²) in [6.45, 7) is 2.65. The van der Waals surface area contributed by atoms with Crippen molar-refractivity contribution in [2.24, 2.45) is 0 Å². The molecule has 2 aromatic rings. The van der Waals surface area contributed by atoms with Gasteiger partial charge in [0.25, 0.3) is 0 Å². The van der Waals surface area contributed by atoms with E-state index in [-0.39, 0.29) is 6.23 Å². The molecular formula is C11H13ClN4O. The molecule has 0 aromatic carbocycles. The van der Waals surface area contributed by atoms with E-state index in [9.17, 15) is 0 Å². The molecule has 0 unspecified atom stereocenters. The first-order valence-electron chi connectivity index (χ1n) is 5.74. The molecule has 1 saturated heterocycles.